The van der Waals surface area contributed by atoms with Crippen molar-refractivity contribution >= 4 is 22.8 Å². The van der Waals surface area contributed by atoms with Crippen LogP contribution in [-0.2, 0) is 16.0 Å². The van der Waals surface area contributed by atoms with E-state index in [0.717, 1.165) is 16.5 Å². The predicted octanol–water partition coefficient (Wildman–Crippen LogP) is 1.25. The zero-order chi connectivity index (χ0) is 13.4. The molecule has 0 unspecified atom stereocenters. The van der Waals surface area contributed by atoms with Crippen molar-refractivity contribution in [3.05, 3.63) is 36.0 Å². The fourth-order valence-electron chi connectivity index (χ4n) is 2.39. The number of aromatic amines is 1. The predicted molar refractivity (Wildman–Crippen MR) is 69.7 cm³/mol. The molecule has 0 aliphatic carbocycles. The van der Waals surface area contributed by atoms with Crippen LogP contribution in [0.25, 0.3) is 10.9 Å². The lowest BCUT2D eigenvalue weighted by atomic mass is 9.99. The summed E-state index contributed by atoms with van der Waals surface area (Å²) in [7, 11) is 0. The molecule has 5 heteroatoms. The number of para-hydroxylation sites is 1. The number of hydrogen-bond donors (Lipinski definition) is 2. The molecule has 2 aromatic rings. The van der Waals surface area contributed by atoms with Gasteiger partial charge in [0.05, 0.1) is 12.3 Å². The van der Waals surface area contributed by atoms with E-state index in [2.05, 4.69) is 4.98 Å². The Labute approximate surface area is 109 Å². The summed E-state index contributed by atoms with van der Waals surface area (Å²) >= 11 is 0. The first-order valence-electron chi connectivity index (χ1n) is 6.20. The van der Waals surface area contributed by atoms with Crippen molar-refractivity contribution < 1.29 is 14.7 Å². The summed E-state index contributed by atoms with van der Waals surface area (Å²) in [4.78, 5) is 27.5. The summed E-state index contributed by atoms with van der Waals surface area (Å²) in [5.74, 6) is -1.23. The molecule has 1 amide bonds. The normalized spacial score (nSPS) is 15.5. The van der Waals surface area contributed by atoms with Gasteiger partial charge in [-0.25, -0.2) is 0 Å². The van der Waals surface area contributed by atoms with Crippen molar-refractivity contribution in [2.45, 2.75) is 6.42 Å². The minimum atomic E-state index is -0.823. The van der Waals surface area contributed by atoms with Gasteiger partial charge in [0, 0.05) is 30.2 Å². The molecule has 98 valence electrons. The third-order valence-electron chi connectivity index (χ3n) is 3.60. The Kier molecular flexibility index (Phi) is 2.74. The van der Waals surface area contributed by atoms with Gasteiger partial charge in [0.2, 0.25) is 5.91 Å². The fraction of sp³-hybridized carbons (Fsp3) is 0.286. The number of nitrogens with one attached hydrogen (secondary N) is 1. The number of likely N-dealkylation sites (tertiary alicyclic amines) is 1. The van der Waals surface area contributed by atoms with Crippen molar-refractivity contribution in [2.24, 2.45) is 5.92 Å². The van der Waals surface area contributed by atoms with Gasteiger partial charge in [-0.3, -0.25) is 9.59 Å². The van der Waals surface area contributed by atoms with Crippen molar-refractivity contribution in [3.8, 4) is 0 Å². The molecular formula is C14H14N2O3. The van der Waals surface area contributed by atoms with Crippen LogP contribution in [0.2, 0.25) is 0 Å². The number of rotatable bonds is 3. The average molecular weight is 258 g/mol. The minimum Gasteiger partial charge on any atom is -0.481 e. The fourth-order valence-corrected chi connectivity index (χ4v) is 2.39. The summed E-state index contributed by atoms with van der Waals surface area (Å²) in [6.45, 7) is 0.660. The Balaban J connectivity index is 1.69. The first-order chi connectivity index (χ1) is 9.15. The van der Waals surface area contributed by atoms with Crippen LogP contribution in [0.3, 0.4) is 0 Å². The number of nitrogens with zero attached hydrogens (tertiary/aromatic N) is 1. The van der Waals surface area contributed by atoms with Gasteiger partial charge in [0.25, 0.3) is 0 Å². The Hall–Kier alpha value is -2.30. The molecule has 1 aromatic heterocycles. The first-order valence-corrected chi connectivity index (χ1v) is 6.20. The summed E-state index contributed by atoms with van der Waals surface area (Å²) < 4.78 is 0. The van der Waals surface area contributed by atoms with Gasteiger partial charge < -0.3 is 15.0 Å². The van der Waals surface area contributed by atoms with E-state index in [1.807, 2.05) is 30.5 Å². The van der Waals surface area contributed by atoms with Crippen molar-refractivity contribution in [2.75, 3.05) is 13.1 Å². The Morgan fingerprint density at radius 2 is 2.05 bits per heavy atom. The molecule has 0 saturated carbocycles. The number of carboxylic acid groups (broad SMARTS) is 1. The second-order valence-electron chi connectivity index (χ2n) is 4.87. The maximum absolute atomic E-state index is 12.0. The van der Waals surface area contributed by atoms with Crippen molar-refractivity contribution in [3.63, 3.8) is 0 Å². The van der Waals surface area contributed by atoms with Crippen LogP contribution < -0.4 is 0 Å². The van der Waals surface area contributed by atoms with Crippen molar-refractivity contribution in [1.29, 1.82) is 0 Å². The zero-order valence-corrected chi connectivity index (χ0v) is 10.3. The number of aromatic nitrogens is 1. The van der Waals surface area contributed by atoms with Gasteiger partial charge in [-0.1, -0.05) is 18.2 Å². The molecule has 2 N–H and O–H groups in total. The number of carboxylic acids is 1. The molecule has 0 radical (unpaired) electrons. The lowest BCUT2D eigenvalue weighted by Gasteiger charge is -2.36. The largest absolute Gasteiger partial charge is 0.481 e. The molecular weight excluding hydrogens is 244 g/mol. The highest BCUT2D eigenvalue weighted by atomic mass is 16.4. The van der Waals surface area contributed by atoms with Crippen LogP contribution in [0.1, 0.15) is 5.56 Å². The van der Waals surface area contributed by atoms with E-state index < -0.39 is 11.9 Å². The highest BCUT2D eigenvalue weighted by Crippen LogP contribution is 2.21. The lowest BCUT2D eigenvalue weighted by Crippen LogP contribution is -2.53. The number of amides is 1. The van der Waals surface area contributed by atoms with E-state index in [0.29, 0.717) is 19.5 Å². The van der Waals surface area contributed by atoms with E-state index in [1.165, 1.54) is 0 Å². The number of H-pyrrole nitrogens is 1. The summed E-state index contributed by atoms with van der Waals surface area (Å²) in [5, 5.41) is 9.84. The van der Waals surface area contributed by atoms with Crippen LogP contribution in [-0.4, -0.2) is 40.0 Å². The third-order valence-corrected chi connectivity index (χ3v) is 3.60. The number of aliphatic carboxylic acids is 1. The molecule has 5 nitrogen and oxygen atoms in total. The van der Waals surface area contributed by atoms with E-state index in [9.17, 15) is 9.59 Å². The molecule has 19 heavy (non-hydrogen) atoms. The maximum Gasteiger partial charge on any atom is 0.310 e. The number of carbonyl (C=O) groups is 2. The van der Waals surface area contributed by atoms with Gasteiger partial charge in [-0.05, 0) is 11.6 Å². The van der Waals surface area contributed by atoms with E-state index in [-0.39, 0.29) is 5.91 Å². The van der Waals surface area contributed by atoms with E-state index >= 15 is 0 Å². The van der Waals surface area contributed by atoms with E-state index in [4.69, 9.17) is 5.11 Å². The summed E-state index contributed by atoms with van der Waals surface area (Å²) in [6, 6.07) is 7.82. The minimum absolute atomic E-state index is 0.0118. The Morgan fingerprint density at radius 3 is 2.79 bits per heavy atom. The Bertz CT molecular complexity index is 641. The standard InChI is InChI=1S/C14H14N2O3/c17-13(16-7-10(8-16)14(18)19)5-9-6-15-12-4-2-1-3-11(9)12/h1-4,6,10,15H,5,7-8H2,(H,18,19). The molecule has 0 bridgehead atoms. The zero-order valence-electron chi connectivity index (χ0n) is 10.3. The molecule has 3 rings (SSSR count). The van der Waals surface area contributed by atoms with Crippen LogP contribution in [0, 0.1) is 5.92 Å². The average Bonchev–Trinajstić information content (AvgIpc) is 2.70. The topological polar surface area (TPSA) is 73.4 Å². The SMILES string of the molecule is O=C(O)C1CN(C(=O)Cc2c[nH]c3ccccc23)C1. The quantitative estimate of drug-likeness (QED) is 0.870. The van der Waals surface area contributed by atoms with Gasteiger partial charge in [-0.15, -0.1) is 0 Å². The number of benzene rings is 1. The monoisotopic (exact) mass is 258 g/mol. The number of fused-ring (bicyclic) bond motifs is 1. The van der Waals surface area contributed by atoms with Crippen LogP contribution >= 0.6 is 0 Å². The van der Waals surface area contributed by atoms with Gasteiger partial charge in [0.1, 0.15) is 0 Å². The molecule has 1 aliphatic heterocycles. The molecule has 0 atom stereocenters. The highest BCUT2D eigenvalue weighted by molar-refractivity contribution is 5.89. The Morgan fingerprint density at radius 1 is 1.32 bits per heavy atom. The third kappa shape index (κ3) is 2.07. The summed E-state index contributed by atoms with van der Waals surface area (Å²) in [6.07, 6.45) is 2.16. The lowest BCUT2D eigenvalue weighted by molar-refractivity contribution is -0.152. The van der Waals surface area contributed by atoms with Gasteiger partial charge in [0.15, 0.2) is 0 Å². The molecule has 2 heterocycles. The van der Waals surface area contributed by atoms with Crippen LogP contribution in [0.5, 0.6) is 0 Å². The number of carbonyl (C=O) groups excluding carboxylic acids is 1. The number of hydrogen-bond acceptors (Lipinski definition) is 2. The first kappa shape index (κ1) is 11.8. The van der Waals surface area contributed by atoms with Gasteiger partial charge in [-0.2, -0.15) is 0 Å². The molecule has 1 aliphatic rings. The molecule has 1 saturated heterocycles. The van der Waals surface area contributed by atoms with E-state index in [1.54, 1.807) is 4.90 Å². The second-order valence-corrected chi connectivity index (χ2v) is 4.87. The molecule has 0 spiro atoms. The van der Waals surface area contributed by atoms with Crippen LogP contribution in [0.4, 0.5) is 0 Å². The van der Waals surface area contributed by atoms with Crippen LogP contribution in [0.15, 0.2) is 30.5 Å². The highest BCUT2D eigenvalue weighted by Gasteiger charge is 2.35. The molecule has 1 fully saturated rings. The summed E-state index contributed by atoms with van der Waals surface area (Å²) in [5.41, 5.74) is 1.97. The van der Waals surface area contributed by atoms with Gasteiger partial charge >= 0.3 is 5.97 Å². The smallest absolute Gasteiger partial charge is 0.310 e. The maximum atomic E-state index is 12.0. The molecule has 1 aromatic carbocycles. The second kappa shape index (κ2) is 4.42. The van der Waals surface area contributed by atoms with Crippen molar-refractivity contribution in [1.82, 2.24) is 9.88 Å².